The summed E-state index contributed by atoms with van der Waals surface area (Å²) in [6, 6.07) is 4.25. The number of carbonyl (C=O) groups is 1. The number of hydrogen-bond donors (Lipinski definition) is 0. The molecule has 0 aliphatic heterocycles. The molecule has 0 aliphatic carbocycles. The van der Waals surface area contributed by atoms with Gasteiger partial charge in [-0.15, -0.1) is 0 Å². The maximum Gasteiger partial charge on any atom is 0.194 e. The summed E-state index contributed by atoms with van der Waals surface area (Å²) >= 11 is 0. The lowest BCUT2D eigenvalue weighted by Gasteiger charge is -2.30. The van der Waals surface area contributed by atoms with Gasteiger partial charge in [0.25, 0.3) is 0 Å². The topological polar surface area (TPSA) is 26.3 Å². The number of halogens is 1. The third kappa shape index (κ3) is 2.78. The molecule has 100 valence electrons. The molecule has 1 aromatic carbocycles. The second kappa shape index (κ2) is 6.10. The van der Waals surface area contributed by atoms with E-state index in [1.54, 1.807) is 13.0 Å². The van der Waals surface area contributed by atoms with Gasteiger partial charge < -0.3 is 4.74 Å². The lowest BCUT2D eigenvalue weighted by atomic mass is 9.86. The second-order valence-corrected chi connectivity index (χ2v) is 4.42. The van der Waals surface area contributed by atoms with E-state index in [1.807, 2.05) is 20.8 Å². The molecule has 0 fully saturated rings. The molecule has 0 atom stereocenters. The molecule has 0 bridgehead atoms. The van der Waals surface area contributed by atoms with Crippen LogP contribution in [0.4, 0.5) is 4.39 Å². The first-order valence-electron chi connectivity index (χ1n) is 6.45. The van der Waals surface area contributed by atoms with Crippen molar-refractivity contribution in [1.82, 2.24) is 0 Å². The third-order valence-corrected chi connectivity index (χ3v) is 3.41. The van der Waals surface area contributed by atoms with E-state index in [9.17, 15) is 9.18 Å². The molecule has 0 amide bonds. The van der Waals surface area contributed by atoms with Crippen LogP contribution in [0, 0.1) is 12.7 Å². The third-order valence-electron chi connectivity index (χ3n) is 3.41. The average molecular weight is 252 g/mol. The van der Waals surface area contributed by atoms with Gasteiger partial charge in [0, 0.05) is 12.2 Å². The zero-order valence-corrected chi connectivity index (χ0v) is 11.5. The van der Waals surface area contributed by atoms with Crippen LogP contribution >= 0.6 is 0 Å². The molecule has 0 aromatic heterocycles. The highest BCUT2D eigenvalue weighted by atomic mass is 19.1. The predicted molar refractivity (Wildman–Crippen MR) is 70.4 cm³/mol. The van der Waals surface area contributed by atoms with Gasteiger partial charge in [-0.2, -0.15) is 0 Å². The summed E-state index contributed by atoms with van der Waals surface area (Å²) < 4.78 is 18.8. The van der Waals surface area contributed by atoms with Gasteiger partial charge in [0.1, 0.15) is 11.4 Å². The molecule has 18 heavy (non-hydrogen) atoms. The Morgan fingerprint density at radius 1 is 1.28 bits per heavy atom. The fourth-order valence-electron chi connectivity index (χ4n) is 2.24. The quantitative estimate of drug-likeness (QED) is 0.717. The van der Waals surface area contributed by atoms with Crippen LogP contribution in [0.1, 0.15) is 49.5 Å². The smallest absolute Gasteiger partial charge is 0.194 e. The van der Waals surface area contributed by atoms with Gasteiger partial charge in [-0.05, 0) is 50.5 Å². The minimum atomic E-state index is -0.780. The van der Waals surface area contributed by atoms with Crippen LogP contribution in [0.15, 0.2) is 18.2 Å². The van der Waals surface area contributed by atoms with Crippen molar-refractivity contribution < 1.29 is 13.9 Å². The van der Waals surface area contributed by atoms with E-state index in [2.05, 4.69) is 0 Å². The Morgan fingerprint density at radius 3 is 2.33 bits per heavy atom. The van der Waals surface area contributed by atoms with Gasteiger partial charge in [0.05, 0.1) is 0 Å². The van der Waals surface area contributed by atoms with Crippen LogP contribution in [0.25, 0.3) is 0 Å². The van der Waals surface area contributed by atoms with Gasteiger partial charge >= 0.3 is 0 Å². The normalized spacial score (nSPS) is 11.6. The Hall–Kier alpha value is -1.22. The van der Waals surface area contributed by atoms with Crippen LogP contribution in [0.5, 0.6) is 0 Å². The zero-order chi connectivity index (χ0) is 13.8. The Balaban J connectivity index is 3.17. The van der Waals surface area contributed by atoms with E-state index >= 15 is 0 Å². The fourth-order valence-corrected chi connectivity index (χ4v) is 2.24. The van der Waals surface area contributed by atoms with Gasteiger partial charge in [-0.1, -0.05) is 13.8 Å². The molecule has 3 heteroatoms. The predicted octanol–water partition coefficient (Wildman–Crippen LogP) is 3.91. The maximum atomic E-state index is 13.1. The number of rotatable bonds is 6. The maximum absolute atomic E-state index is 13.1. The van der Waals surface area contributed by atoms with Crippen LogP contribution in [-0.2, 0) is 4.74 Å². The Bertz CT molecular complexity index is 423. The Labute approximate surface area is 108 Å². The van der Waals surface area contributed by atoms with Gasteiger partial charge in [0.2, 0.25) is 0 Å². The molecule has 0 saturated carbocycles. The van der Waals surface area contributed by atoms with Crippen molar-refractivity contribution in [2.24, 2.45) is 0 Å². The molecule has 0 unspecified atom stereocenters. The molecule has 0 spiro atoms. The molecule has 0 aliphatic rings. The number of hydrogen-bond acceptors (Lipinski definition) is 2. The summed E-state index contributed by atoms with van der Waals surface area (Å²) in [6.07, 6.45) is 1.24. The van der Waals surface area contributed by atoms with Crippen molar-refractivity contribution in [3.63, 3.8) is 0 Å². The summed E-state index contributed by atoms with van der Waals surface area (Å²) in [4.78, 5) is 12.6. The highest BCUT2D eigenvalue weighted by Gasteiger charge is 2.36. The molecular weight excluding hydrogens is 231 g/mol. The molecule has 0 radical (unpaired) electrons. The molecule has 0 heterocycles. The number of ether oxygens (including phenoxy) is 1. The largest absolute Gasteiger partial charge is 0.367 e. The van der Waals surface area contributed by atoms with E-state index < -0.39 is 5.60 Å². The number of benzene rings is 1. The minimum Gasteiger partial charge on any atom is -0.367 e. The van der Waals surface area contributed by atoms with Crippen molar-refractivity contribution in [3.05, 3.63) is 35.1 Å². The van der Waals surface area contributed by atoms with Crippen LogP contribution in [-0.4, -0.2) is 18.0 Å². The molecule has 1 aromatic rings. The number of carbonyl (C=O) groups excluding carboxylic acids is 1. The number of aryl methyl sites for hydroxylation is 1. The second-order valence-electron chi connectivity index (χ2n) is 4.42. The van der Waals surface area contributed by atoms with E-state index in [4.69, 9.17) is 4.74 Å². The lowest BCUT2D eigenvalue weighted by molar-refractivity contribution is -0.0250. The van der Waals surface area contributed by atoms with E-state index in [1.165, 1.54) is 12.1 Å². The van der Waals surface area contributed by atoms with Crippen LogP contribution < -0.4 is 0 Å². The zero-order valence-electron chi connectivity index (χ0n) is 11.5. The van der Waals surface area contributed by atoms with Crippen LogP contribution in [0.3, 0.4) is 0 Å². The molecule has 0 N–H and O–H groups in total. The fraction of sp³-hybridized carbons (Fsp3) is 0.533. The van der Waals surface area contributed by atoms with Crippen molar-refractivity contribution in [2.75, 3.05) is 6.61 Å². The summed E-state index contributed by atoms with van der Waals surface area (Å²) in [5.74, 6) is -0.370. The van der Waals surface area contributed by atoms with Gasteiger partial charge in [-0.25, -0.2) is 4.39 Å². The number of Topliss-reactive ketones (excluding diaryl/α,β-unsaturated/α-hetero) is 1. The molecule has 2 nitrogen and oxygen atoms in total. The highest BCUT2D eigenvalue weighted by Crippen LogP contribution is 2.27. The summed E-state index contributed by atoms with van der Waals surface area (Å²) in [5, 5.41) is 0. The highest BCUT2D eigenvalue weighted by molar-refractivity contribution is 6.03. The molecule has 0 saturated heterocycles. The van der Waals surface area contributed by atoms with E-state index in [-0.39, 0.29) is 11.6 Å². The van der Waals surface area contributed by atoms with Gasteiger partial charge in [0.15, 0.2) is 5.78 Å². The first-order chi connectivity index (χ1) is 8.50. The average Bonchev–Trinajstić information content (AvgIpc) is 2.35. The van der Waals surface area contributed by atoms with Crippen molar-refractivity contribution in [1.29, 1.82) is 0 Å². The summed E-state index contributed by atoms with van der Waals surface area (Å²) in [7, 11) is 0. The lowest BCUT2D eigenvalue weighted by Crippen LogP contribution is -2.41. The van der Waals surface area contributed by atoms with Gasteiger partial charge in [-0.3, -0.25) is 4.79 Å². The Kier molecular flexibility index (Phi) is 5.03. The van der Waals surface area contributed by atoms with Crippen molar-refractivity contribution in [2.45, 2.75) is 46.1 Å². The van der Waals surface area contributed by atoms with E-state index in [0.717, 1.165) is 0 Å². The van der Waals surface area contributed by atoms with Crippen molar-refractivity contribution in [3.8, 4) is 0 Å². The standard InChI is InChI=1S/C15H21FO2/c1-5-15(6-2,18-7-3)14(17)13-9-8-12(16)10-11(13)4/h8-10H,5-7H2,1-4H3. The Morgan fingerprint density at radius 2 is 1.89 bits per heavy atom. The number of ketones is 1. The monoisotopic (exact) mass is 252 g/mol. The summed E-state index contributed by atoms with van der Waals surface area (Å²) in [5.41, 5.74) is 0.427. The molecule has 1 rings (SSSR count). The first kappa shape index (κ1) is 14.8. The van der Waals surface area contributed by atoms with E-state index in [0.29, 0.717) is 30.6 Å². The first-order valence-corrected chi connectivity index (χ1v) is 6.45. The summed E-state index contributed by atoms with van der Waals surface area (Å²) in [6.45, 7) is 8.00. The van der Waals surface area contributed by atoms with Crippen LogP contribution in [0.2, 0.25) is 0 Å². The van der Waals surface area contributed by atoms with Crippen molar-refractivity contribution >= 4 is 5.78 Å². The SMILES string of the molecule is CCOC(CC)(CC)C(=O)c1ccc(F)cc1C. The minimum absolute atomic E-state index is 0.0492. The molecular formula is C15H21FO2.